The maximum absolute atomic E-state index is 6.20. The van der Waals surface area contributed by atoms with Crippen molar-refractivity contribution in [3.8, 4) is 11.5 Å². The highest BCUT2D eigenvalue weighted by atomic mass is 35.5. The van der Waals surface area contributed by atoms with E-state index in [2.05, 4.69) is 28.4 Å². The second kappa shape index (κ2) is 5.92. The van der Waals surface area contributed by atoms with Crippen LogP contribution in [-0.4, -0.2) is 31.1 Å². The van der Waals surface area contributed by atoms with Crippen LogP contribution in [0.3, 0.4) is 0 Å². The molecule has 1 N–H and O–H groups in total. The van der Waals surface area contributed by atoms with Gasteiger partial charge in [-0.25, -0.2) is 0 Å². The van der Waals surface area contributed by atoms with Crippen LogP contribution in [0.5, 0.6) is 11.5 Å². The smallest absolute Gasteiger partial charge is 0.132 e. The lowest BCUT2D eigenvalue weighted by molar-refractivity contribution is 0.172. The van der Waals surface area contributed by atoms with Crippen molar-refractivity contribution >= 4 is 11.6 Å². The van der Waals surface area contributed by atoms with Crippen molar-refractivity contribution in [1.82, 2.24) is 10.2 Å². The summed E-state index contributed by atoms with van der Waals surface area (Å²) in [5, 5.41) is 4.20. The van der Waals surface area contributed by atoms with Gasteiger partial charge in [-0.3, -0.25) is 4.90 Å². The van der Waals surface area contributed by atoms with E-state index in [1.807, 2.05) is 24.3 Å². The number of nitrogens with one attached hydrogen (secondary N) is 1. The molecule has 4 rings (SSSR count). The van der Waals surface area contributed by atoms with E-state index in [9.17, 15) is 0 Å². The molecule has 0 radical (unpaired) electrons. The van der Waals surface area contributed by atoms with Crippen molar-refractivity contribution in [3.05, 3.63) is 58.6 Å². The Hall–Kier alpha value is -1.55. The van der Waals surface area contributed by atoms with Crippen LogP contribution in [0.1, 0.15) is 17.2 Å². The van der Waals surface area contributed by atoms with E-state index in [1.54, 1.807) is 0 Å². The Labute approximate surface area is 135 Å². The monoisotopic (exact) mass is 314 g/mol. The van der Waals surface area contributed by atoms with Gasteiger partial charge < -0.3 is 10.1 Å². The zero-order valence-corrected chi connectivity index (χ0v) is 13.1. The van der Waals surface area contributed by atoms with Crippen molar-refractivity contribution in [1.29, 1.82) is 0 Å². The lowest BCUT2D eigenvalue weighted by Gasteiger charge is -2.35. The summed E-state index contributed by atoms with van der Waals surface area (Å²) < 4.78 is 6.18. The summed E-state index contributed by atoms with van der Waals surface area (Å²) in [6.45, 7) is 4.22. The summed E-state index contributed by atoms with van der Waals surface area (Å²) in [7, 11) is 0. The highest BCUT2D eigenvalue weighted by molar-refractivity contribution is 6.30. The van der Waals surface area contributed by atoms with Gasteiger partial charge in [0.05, 0.1) is 0 Å². The van der Waals surface area contributed by atoms with Gasteiger partial charge in [-0.2, -0.15) is 0 Å². The standard InChI is InChI=1S/C18H19ClN2O/c19-14-5-6-17-13(11-14)12-16(21-9-7-20-8-10-21)15-3-1-2-4-18(15)22-17/h1-6,11,16,20H,7-10,12H2. The van der Waals surface area contributed by atoms with Gasteiger partial charge >= 0.3 is 0 Å². The maximum Gasteiger partial charge on any atom is 0.132 e. The number of ether oxygens (including phenoxy) is 1. The first kappa shape index (κ1) is 14.1. The molecule has 0 spiro atoms. The number of para-hydroxylation sites is 1. The van der Waals surface area contributed by atoms with Gasteiger partial charge in [-0.15, -0.1) is 0 Å². The second-order valence-corrected chi connectivity index (χ2v) is 6.33. The molecule has 1 atom stereocenters. The number of rotatable bonds is 1. The summed E-state index contributed by atoms with van der Waals surface area (Å²) in [5.74, 6) is 1.89. The molecule has 1 unspecified atom stereocenters. The molecule has 2 heterocycles. The van der Waals surface area contributed by atoms with Crippen LogP contribution in [0.15, 0.2) is 42.5 Å². The van der Waals surface area contributed by atoms with Crippen LogP contribution < -0.4 is 10.1 Å². The average molecular weight is 315 g/mol. The highest BCUT2D eigenvalue weighted by Crippen LogP contribution is 2.41. The number of hydrogen-bond donors (Lipinski definition) is 1. The number of hydrogen-bond acceptors (Lipinski definition) is 3. The fourth-order valence-electron chi connectivity index (χ4n) is 3.41. The predicted molar refractivity (Wildman–Crippen MR) is 88.9 cm³/mol. The minimum absolute atomic E-state index is 0.345. The van der Waals surface area contributed by atoms with Crippen LogP contribution in [0.2, 0.25) is 5.02 Å². The molecule has 114 valence electrons. The van der Waals surface area contributed by atoms with Crippen LogP contribution >= 0.6 is 11.6 Å². The van der Waals surface area contributed by atoms with Gasteiger partial charge in [0.1, 0.15) is 11.5 Å². The number of fused-ring (bicyclic) bond motifs is 2. The Kier molecular flexibility index (Phi) is 3.78. The molecule has 3 nitrogen and oxygen atoms in total. The van der Waals surface area contributed by atoms with Crippen LogP contribution in [0.4, 0.5) is 0 Å². The molecule has 0 saturated carbocycles. The van der Waals surface area contributed by atoms with Crippen molar-refractivity contribution in [2.75, 3.05) is 26.2 Å². The molecule has 2 aromatic carbocycles. The van der Waals surface area contributed by atoms with E-state index in [-0.39, 0.29) is 0 Å². The lowest BCUT2D eigenvalue weighted by Crippen LogP contribution is -2.45. The minimum atomic E-state index is 0.345. The fraction of sp³-hybridized carbons (Fsp3) is 0.333. The van der Waals surface area contributed by atoms with E-state index in [0.29, 0.717) is 6.04 Å². The molecular weight excluding hydrogens is 296 g/mol. The van der Waals surface area contributed by atoms with Crippen molar-refractivity contribution in [2.24, 2.45) is 0 Å². The highest BCUT2D eigenvalue weighted by Gasteiger charge is 2.28. The Morgan fingerprint density at radius 1 is 1.05 bits per heavy atom. The lowest BCUT2D eigenvalue weighted by atomic mass is 9.97. The van der Waals surface area contributed by atoms with Gasteiger partial charge in [0.15, 0.2) is 0 Å². The number of piperazine rings is 1. The SMILES string of the molecule is Clc1ccc2c(c1)CC(N1CCNCC1)c1ccccc1O2. The Balaban J connectivity index is 1.78. The molecule has 2 aliphatic heterocycles. The summed E-state index contributed by atoms with van der Waals surface area (Å²) >= 11 is 6.20. The molecule has 1 saturated heterocycles. The molecule has 2 aromatic rings. The fourth-order valence-corrected chi connectivity index (χ4v) is 3.61. The maximum atomic E-state index is 6.20. The largest absolute Gasteiger partial charge is 0.457 e. The predicted octanol–water partition coefficient (Wildman–Crippen LogP) is 3.63. The quantitative estimate of drug-likeness (QED) is 0.870. The van der Waals surface area contributed by atoms with Gasteiger partial charge in [-0.1, -0.05) is 29.8 Å². The topological polar surface area (TPSA) is 24.5 Å². The third-order valence-corrected chi connectivity index (χ3v) is 4.76. The van der Waals surface area contributed by atoms with Gasteiger partial charge in [0.25, 0.3) is 0 Å². The normalized spacial score (nSPS) is 21.4. The van der Waals surface area contributed by atoms with Gasteiger partial charge in [-0.05, 0) is 36.2 Å². The summed E-state index contributed by atoms with van der Waals surface area (Å²) in [5.41, 5.74) is 2.46. The zero-order chi connectivity index (χ0) is 14.9. The summed E-state index contributed by atoms with van der Waals surface area (Å²) in [4.78, 5) is 2.55. The zero-order valence-electron chi connectivity index (χ0n) is 12.4. The Morgan fingerprint density at radius 2 is 1.86 bits per heavy atom. The number of halogens is 1. The first-order valence-electron chi connectivity index (χ1n) is 7.81. The summed E-state index contributed by atoms with van der Waals surface area (Å²) in [6, 6.07) is 14.7. The van der Waals surface area contributed by atoms with Crippen LogP contribution in [0, 0.1) is 0 Å². The van der Waals surface area contributed by atoms with Crippen molar-refractivity contribution < 1.29 is 4.74 Å². The number of nitrogens with zero attached hydrogens (tertiary/aromatic N) is 1. The molecular formula is C18H19ClN2O. The molecule has 2 aliphatic rings. The Bertz CT molecular complexity index is 683. The first-order chi connectivity index (χ1) is 10.8. The third-order valence-electron chi connectivity index (χ3n) is 4.53. The second-order valence-electron chi connectivity index (χ2n) is 5.90. The molecule has 1 fully saturated rings. The van der Waals surface area contributed by atoms with Crippen LogP contribution in [-0.2, 0) is 6.42 Å². The van der Waals surface area contributed by atoms with Crippen molar-refractivity contribution in [3.63, 3.8) is 0 Å². The average Bonchev–Trinajstić information content (AvgIpc) is 2.72. The third kappa shape index (κ3) is 2.60. The first-order valence-corrected chi connectivity index (χ1v) is 8.19. The molecule has 22 heavy (non-hydrogen) atoms. The van der Waals surface area contributed by atoms with Crippen molar-refractivity contribution in [2.45, 2.75) is 12.5 Å². The molecule has 0 aromatic heterocycles. The van der Waals surface area contributed by atoms with Crippen LogP contribution in [0.25, 0.3) is 0 Å². The number of benzene rings is 2. The summed E-state index contributed by atoms with van der Waals surface area (Å²) in [6.07, 6.45) is 0.937. The van der Waals surface area contributed by atoms with E-state index in [1.165, 1.54) is 11.1 Å². The van der Waals surface area contributed by atoms with E-state index in [4.69, 9.17) is 16.3 Å². The molecule has 0 bridgehead atoms. The Morgan fingerprint density at radius 3 is 2.73 bits per heavy atom. The molecule has 0 amide bonds. The van der Waals surface area contributed by atoms with Gasteiger partial charge in [0, 0.05) is 42.8 Å². The molecule has 0 aliphatic carbocycles. The van der Waals surface area contributed by atoms with E-state index < -0.39 is 0 Å². The van der Waals surface area contributed by atoms with E-state index >= 15 is 0 Å². The molecule has 4 heteroatoms. The van der Waals surface area contributed by atoms with E-state index in [0.717, 1.165) is 49.1 Å². The van der Waals surface area contributed by atoms with Gasteiger partial charge in [0.2, 0.25) is 0 Å². The minimum Gasteiger partial charge on any atom is -0.457 e.